The second-order valence-corrected chi connectivity index (χ2v) is 4.84. The van der Waals surface area contributed by atoms with Crippen LogP contribution in [0, 0.1) is 17.0 Å². The fourth-order valence-corrected chi connectivity index (χ4v) is 2.62. The first-order chi connectivity index (χ1) is 8.56. The van der Waals surface area contributed by atoms with Crippen LogP contribution in [0.15, 0.2) is 40.3 Å². The number of hydrogen-bond donors (Lipinski definition) is 0. The molecule has 7 heteroatoms. The fourth-order valence-electron chi connectivity index (χ4n) is 1.36. The third-order valence-electron chi connectivity index (χ3n) is 2.08. The molecule has 0 saturated heterocycles. The van der Waals surface area contributed by atoms with E-state index >= 15 is 0 Å². The van der Waals surface area contributed by atoms with E-state index in [0.717, 1.165) is 5.69 Å². The zero-order valence-corrected chi connectivity index (χ0v) is 10.9. The minimum Gasteiger partial charge on any atom is -0.258 e. The molecule has 0 atom stereocenters. The second kappa shape index (κ2) is 5.32. The summed E-state index contributed by atoms with van der Waals surface area (Å²) in [5.74, 6) is 0. The highest BCUT2D eigenvalue weighted by Crippen LogP contribution is 2.33. The largest absolute Gasteiger partial charge is 0.283 e. The highest BCUT2D eigenvalue weighted by atomic mass is 35.5. The molecule has 92 valence electrons. The van der Waals surface area contributed by atoms with Crippen LogP contribution in [0.25, 0.3) is 0 Å². The van der Waals surface area contributed by atoms with Gasteiger partial charge in [-0.05, 0) is 30.7 Å². The lowest BCUT2D eigenvalue weighted by Crippen LogP contribution is -1.92. The normalized spacial score (nSPS) is 10.3. The van der Waals surface area contributed by atoms with E-state index in [1.807, 2.05) is 0 Å². The number of nitrogens with zero attached hydrogens (tertiary/aromatic N) is 3. The molecule has 0 aliphatic heterocycles. The molecule has 2 aromatic rings. The van der Waals surface area contributed by atoms with Crippen molar-refractivity contribution in [2.45, 2.75) is 16.8 Å². The van der Waals surface area contributed by atoms with Gasteiger partial charge < -0.3 is 0 Å². The molecular formula is C11H8ClN3O2S. The number of nitro groups is 1. The van der Waals surface area contributed by atoms with Gasteiger partial charge in [-0.1, -0.05) is 23.9 Å². The Bertz CT molecular complexity index is 586. The SMILES string of the molecule is Cc1cc(Sc2ccccc2[N+](=O)[O-])nc(Cl)n1. The summed E-state index contributed by atoms with van der Waals surface area (Å²) >= 11 is 6.94. The molecular weight excluding hydrogens is 274 g/mol. The van der Waals surface area contributed by atoms with Gasteiger partial charge in [-0.25, -0.2) is 9.97 Å². The first-order valence-corrected chi connectivity index (χ1v) is 6.18. The van der Waals surface area contributed by atoms with Gasteiger partial charge in [0.1, 0.15) is 5.03 Å². The van der Waals surface area contributed by atoms with Crippen molar-refractivity contribution in [1.29, 1.82) is 0 Å². The van der Waals surface area contributed by atoms with E-state index in [2.05, 4.69) is 9.97 Å². The summed E-state index contributed by atoms with van der Waals surface area (Å²) in [6.45, 7) is 1.79. The lowest BCUT2D eigenvalue weighted by Gasteiger charge is -2.03. The number of halogens is 1. The van der Waals surface area contributed by atoms with Gasteiger partial charge in [-0.15, -0.1) is 0 Å². The van der Waals surface area contributed by atoms with E-state index in [1.54, 1.807) is 31.2 Å². The van der Waals surface area contributed by atoms with Crippen LogP contribution in [0.3, 0.4) is 0 Å². The number of rotatable bonds is 3. The van der Waals surface area contributed by atoms with Gasteiger partial charge in [-0.2, -0.15) is 0 Å². The van der Waals surface area contributed by atoms with E-state index in [0.29, 0.717) is 9.92 Å². The summed E-state index contributed by atoms with van der Waals surface area (Å²) in [6.07, 6.45) is 0. The van der Waals surface area contributed by atoms with Crippen LogP contribution in [0.2, 0.25) is 5.28 Å². The minimum absolute atomic E-state index is 0.0508. The fraction of sp³-hybridized carbons (Fsp3) is 0.0909. The summed E-state index contributed by atoms with van der Waals surface area (Å²) in [7, 11) is 0. The van der Waals surface area contributed by atoms with Gasteiger partial charge in [0.15, 0.2) is 0 Å². The standard InChI is InChI=1S/C11H8ClN3O2S/c1-7-6-10(14-11(12)13-7)18-9-5-3-2-4-8(9)15(16)17/h2-6H,1H3. The Kier molecular flexibility index (Phi) is 3.78. The van der Waals surface area contributed by atoms with Crippen LogP contribution in [-0.2, 0) is 0 Å². The van der Waals surface area contributed by atoms with Crippen molar-refractivity contribution in [3.8, 4) is 0 Å². The Labute approximate surface area is 112 Å². The number of para-hydroxylation sites is 1. The smallest absolute Gasteiger partial charge is 0.258 e. The van der Waals surface area contributed by atoms with Crippen LogP contribution >= 0.6 is 23.4 Å². The maximum atomic E-state index is 10.9. The Balaban J connectivity index is 2.37. The molecule has 0 N–H and O–H groups in total. The Hall–Kier alpha value is -1.66. The van der Waals surface area contributed by atoms with Gasteiger partial charge in [0.2, 0.25) is 5.28 Å². The topological polar surface area (TPSA) is 68.9 Å². The maximum Gasteiger partial charge on any atom is 0.283 e. The quantitative estimate of drug-likeness (QED) is 0.373. The molecule has 18 heavy (non-hydrogen) atoms. The Morgan fingerprint density at radius 3 is 2.72 bits per heavy atom. The van der Waals surface area contributed by atoms with Crippen molar-refractivity contribution in [3.63, 3.8) is 0 Å². The molecule has 0 aliphatic rings. The van der Waals surface area contributed by atoms with Crippen LogP contribution in [0.4, 0.5) is 5.69 Å². The molecule has 1 heterocycles. The van der Waals surface area contributed by atoms with Crippen LogP contribution in [0.5, 0.6) is 0 Å². The average molecular weight is 282 g/mol. The van der Waals surface area contributed by atoms with Crippen molar-refractivity contribution in [3.05, 3.63) is 51.4 Å². The predicted octanol–water partition coefficient (Wildman–Crippen LogP) is 3.50. The van der Waals surface area contributed by atoms with E-state index in [9.17, 15) is 10.1 Å². The van der Waals surface area contributed by atoms with Crippen molar-refractivity contribution >= 4 is 29.1 Å². The lowest BCUT2D eigenvalue weighted by molar-refractivity contribution is -0.387. The highest BCUT2D eigenvalue weighted by Gasteiger charge is 2.14. The zero-order chi connectivity index (χ0) is 13.1. The van der Waals surface area contributed by atoms with Crippen molar-refractivity contribution in [1.82, 2.24) is 9.97 Å². The molecule has 0 radical (unpaired) electrons. The summed E-state index contributed by atoms with van der Waals surface area (Å²) in [4.78, 5) is 19.0. The zero-order valence-electron chi connectivity index (χ0n) is 9.33. The van der Waals surface area contributed by atoms with Crippen LogP contribution < -0.4 is 0 Å². The molecule has 0 amide bonds. The molecule has 0 saturated carbocycles. The highest BCUT2D eigenvalue weighted by molar-refractivity contribution is 7.99. The van der Waals surface area contributed by atoms with E-state index in [-0.39, 0.29) is 11.0 Å². The summed E-state index contributed by atoms with van der Waals surface area (Å²) in [5, 5.41) is 11.6. The maximum absolute atomic E-state index is 10.9. The monoisotopic (exact) mass is 281 g/mol. The molecule has 2 rings (SSSR count). The third kappa shape index (κ3) is 2.96. The van der Waals surface area contributed by atoms with E-state index in [4.69, 9.17) is 11.6 Å². The van der Waals surface area contributed by atoms with Gasteiger partial charge >= 0.3 is 0 Å². The molecule has 0 bridgehead atoms. The molecule has 0 aliphatic carbocycles. The van der Waals surface area contributed by atoms with E-state index < -0.39 is 4.92 Å². The molecule has 0 spiro atoms. The number of nitro benzene ring substituents is 1. The van der Waals surface area contributed by atoms with Crippen molar-refractivity contribution in [2.24, 2.45) is 0 Å². The molecule has 0 fully saturated rings. The predicted molar refractivity (Wildman–Crippen MR) is 69.0 cm³/mol. The summed E-state index contributed by atoms with van der Waals surface area (Å²) in [6, 6.07) is 8.23. The first kappa shape index (κ1) is 12.8. The molecule has 1 aromatic heterocycles. The summed E-state index contributed by atoms with van der Waals surface area (Å²) in [5.41, 5.74) is 0.769. The van der Waals surface area contributed by atoms with Crippen LogP contribution in [-0.4, -0.2) is 14.9 Å². The van der Waals surface area contributed by atoms with E-state index in [1.165, 1.54) is 17.8 Å². The average Bonchev–Trinajstić information content (AvgIpc) is 2.27. The Morgan fingerprint density at radius 2 is 2.06 bits per heavy atom. The molecule has 1 aromatic carbocycles. The van der Waals surface area contributed by atoms with Crippen molar-refractivity contribution in [2.75, 3.05) is 0 Å². The second-order valence-electron chi connectivity index (χ2n) is 3.44. The number of aryl methyl sites for hydroxylation is 1. The van der Waals surface area contributed by atoms with Crippen LogP contribution in [0.1, 0.15) is 5.69 Å². The van der Waals surface area contributed by atoms with Crippen molar-refractivity contribution < 1.29 is 4.92 Å². The Morgan fingerprint density at radius 1 is 1.33 bits per heavy atom. The minimum atomic E-state index is -0.419. The number of benzene rings is 1. The van der Waals surface area contributed by atoms with Gasteiger partial charge in [0.05, 0.1) is 9.82 Å². The van der Waals surface area contributed by atoms with Gasteiger partial charge in [0, 0.05) is 11.8 Å². The molecule has 5 nitrogen and oxygen atoms in total. The number of aromatic nitrogens is 2. The number of hydrogen-bond acceptors (Lipinski definition) is 5. The van der Waals surface area contributed by atoms with Gasteiger partial charge in [-0.3, -0.25) is 10.1 Å². The molecule has 0 unspecified atom stereocenters. The third-order valence-corrected chi connectivity index (χ3v) is 3.23. The summed E-state index contributed by atoms with van der Waals surface area (Å²) < 4.78 is 0. The first-order valence-electron chi connectivity index (χ1n) is 4.99. The lowest BCUT2D eigenvalue weighted by atomic mass is 10.3. The van der Waals surface area contributed by atoms with Gasteiger partial charge in [0.25, 0.3) is 5.69 Å².